The van der Waals surface area contributed by atoms with E-state index in [4.69, 9.17) is 4.74 Å². The zero-order valence-corrected chi connectivity index (χ0v) is 14.8. The second-order valence-corrected chi connectivity index (χ2v) is 7.23. The zero-order chi connectivity index (χ0) is 13.9. The van der Waals surface area contributed by atoms with Crippen LogP contribution in [0.4, 0.5) is 0 Å². The molecule has 0 amide bonds. The number of rotatable bonds is 4. The van der Waals surface area contributed by atoms with Crippen molar-refractivity contribution in [2.24, 2.45) is 0 Å². The van der Waals surface area contributed by atoms with E-state index in [1.54, 1.807) is 0 Å². The Morgan fingerprint density at radius 2 is 2.05 bits per heavy atom. The highest BCUT2D eigenvalue weighted by Gasteiger charge is 2.23. The third-order valence-corrected chi connectivity index (χ3v) is 5.91. The second-order valence-electron chi connectivity index (χ2n) is 4.76. The topological polar surface area (TPSA) is 9.23 Å². The molecule has 1 heterocycles. The highest BCUT2D eigenvalue weighted by atomic mass is 79.9. The summed E-state index contributed by atoms with van der Waals surface area (Å²) in [4.78, 5) is 1.40. The van der Waals surface area contributed by atoms with Crippen LogP contribution in [0.2, 0.25) is 0 Å². The molecule has 2 aromatic carbocycles. The SMILES string of the molecule is BrCc1ccc(OCC2CSc3ccccc32)c(Br)c1. The van der Waals surface area contributed by atoms with Crippen LogP contribution in [0.3, 0.4) is 0 Å². The van der Waals surface area contributed by atoms with E-state index < -0.39 is 0 Å². The maximum absolute atomic E-state index is 6.00. The number of benzene rings is 2. The van der Waals surface area contributed by atoms with Crippen LogP contribution in [-0.4, -0.2) is 12.4 Å². The number of ether oxygens (including phenoxy) is 1. The Kier molecular flexibility index (Phi) is 4.74. The molecule has 1 aliphatic heterocycles. The lowest BCUT2D eigenvalue weighted by molar-refractivity contribution is 0.296. The fourth-order valence-corrected chi connectivity index (χ4v) is 4.42. The number of fused-ring (bicyclic) bond motifs is 1. The van der Waals surface area contributed by atoms with Gasteiger partial charge >= 0.3 is 0 Å². The van der Waals surface area contributed by atoms with Crippen molar-refractivity contribution in [2.45, 2.75) is 16.1 Å². The molecular weight excluding hydrogens is 400 g/mol. The quantitative estimate of drug-likeness (QED) is 0.602. The van der Waals surface area contributed by atoms with Gasteiger partial charge in [0.05, 0.1) is 11.1 Å². The lowest BCUT2D eigenvalue weighted by Gasteiger charge is -2.14. The Morgan fingerprint density at radius 1 is 1.20 bits per heavy atom. The summed E-state index contributed by atoms with van der Waals surface area (Å²) in [6.07, 6.45) is 0. The molecular formula is C16H14Br2OS. The summed E-state index contributed by atoms with van der Waals surface area (Å²) in [6.45, 7) is 0.732. The van der Waals surface area contributed by atoms with E-state index >= 15 is 0 Å². The molecule has 0 N–H and O–H groups in total. The number of hydrogen-bond acceptors (Lipinski definition) is 2. The molecule has 0 aromatic heterocycles. The first-order chi connectivity index (χ1) is 9.78. The minimum atomic E-state index is 0.485. The van der Waals surface area contributed by atoms with Gasteiger partial charge in [0.1, 0.15) is 5.75 Å². The third-order valence-electron chi connectivity index (χ3n) is 3.39. The molecule has 1 nitrogen and oxygen atoms in total. The highest BCUT2D eigenvalue weighted by Crippen LogP contribution is 2.39. The molecule has 0 saturated carbocycles. The Balaban J connectivity index is 1.69. The fraction of sp³-hybridized carbons (Fsp3) is 0.250. The molecule has 0 bridgehead atoms. The summed E-state index contributed by atoms with van der Waals surface area (Å²) >= 11 is 8.96. The van der Waals surface area contributed by atoms with Gasteiger partial charge in [-0.05, 0) is 45.3 Å². The van der Waals surface area contributed by atoms with E-state index in [1.807, 2.05) is 17.8 Å². The smallest absolute Gasteiger partial charge is 0.133 e. The monoisotopic (exact) mass is 412 g/mol. The molecule has 4 heteroatoms. The minimum absolute atomic E-state index is 0.485. The first-order valence-corrected chi connectivity index (χ1v) is 9.37. The number of halogens is 2. The van der Waals surface area contributed by atoms with Crippen molar-refractivity contribution in [1.82, 2.24) is 0 Å². The molecule has 1 atom stereocenters. The van der Waals surface area contributed by atoms with Gasteiger partial charge in [-0.15, -0.1) is 11.8 Å². The number of thioether (sulfide) groups is 1. The molecule has 0 aliphatic carbocycles. The van der Waals surface area contributed by atoms with E-state index in [2.05, 4.69) is 68.3 Å². The largest absolute Gasteiger partial charge is 0.492 e. The average Bonchev–Trinajstić information content (AvgIpc) is 2.89. The van der Waals surface area contributed by atoms with Gasteiger partial charge in [0.25, 0.3) is 0 Å². The number of hydrogen-bond donors (Lipinski definition) is 0. The molecule has 0 radical (unpaired) electrons. The Hall–Kier alpha value is -0.450. The van der Waals surface area contributed by atoms with Gasteiger partial charge < -0.3 is 4.74 Å². The normalized spacial score (nSPS) is 17.0. The Bertz CT molecular complexity index is 615. The predicted octanol–water partition coefficient (Wildman–Crippen LogP) is 5.61. The van der Waals surface area contributed by atoms with Crippen molar-refractivity contribution in [3.05, 3.63) is 58.1 Å². The molecule has 0 saturated heterocycles. The van der Waals surface area contributed by atoms with Crippen molar-refractivity contribution in [1.29, 1.82) is 0 Å². The lowest BCUT2D eigenvalue weighted by atomic mass is 10.0. The maximum Gasteiger partial charge on any atom is 0.133 e. The van der Waals surface area contributed by atoms with E-state index in [0.29, 0.717) is 5.92 Å². The van der Waals surface area contributed by atoms with Crippen LogP contribution in [0.5, 0.6) is 5.75 Å². The minimum Gasteiger partial charge on any atom is -0.492 e. The predicted molar refractivity (Wildman–Crippen MR) is 92.2 cm³/mol. The van der Waals surface area contributed by atoms with E-state index in [0.717, 1.165) is 27.9 Å². The Morgan fingerprint density at radius 3 is 2.85 bits per heavy atom. The van der Waals surface area contributed by atoms with Gasteiger partial charge in [0.15, 0.2) is 0 Å². The van der Waals surface area contributed by atoms with E-state index in [1.165, 1.54) is 16.0 Å². The molecule has 20 heavy (non-hydrogen) atoms. The highest BCUT2D eigenvalue weighted by molar-refractivity contribution is 9.10. The van der Waals surface area contributed by atoms with Gasteiger partial charge in [-0.25, -0.2) is 0 Å². The number of alkyl halides is 1. The van der Waals surface area contributed by atoms with E-state index in [9.17, 15) is 0 Å². The summed E-state index contributed by atoms with van der Waals surface area (Å²) in [6, 6.07) is 14.8. The van der Waals surface area contributed by atoms with Crippen molar-refractivity contribution < 1.29 is 4.74 Å². The van der Waals surface area contributed by atoms with Crippen LogP contribution < -0.4 is 4.74 Å². The lowest BCUT2D eigenvalue weighted by Crippen LogP contribution is -2.10. The summed E-state index contributed by atoms with van der Waals surface area (Å²) in [5.41, 5.74) is 2.66. The van der Waals surface area contributed by atoms with Gasteiger partial charge in [0.2, 0.25) is 0 Å². The fourth-order valence-electron chi connectivity index (χ4n) is 2.30. The summed E-state index contributed by atoms with van der Waals surface area (Å²) in [5.74, 6) is 2.51. The summed E-state index contributed by atoms with van der Waals surface area (Å²) in [7, 11) is 0. The maximum atomic E-state index is 6.00. The molecule has 104 valence electrons. The van der Waals surface area contributed by atoms with Gasteiger partial charge in [-0.1, -0.05) is 40.2 Å². The molecule has 2 aromatic rings. The Labute approximate surface area is 140 Å². The van der Waals surface area contributed by atoms with Crippen molar-refractivity contribution in [3.63, 3.8) is 0 Å². The van der Waals surface area contributed by atoms with Crippen LogP contribution in [0.1, 0.15) is 17.0 Å². The van der Waals surface area contributed by atoms with Crippen LogP contribution in [0.25, 0.3) is 0 Å². The van der Waals surface area contributed by atoms with Crippen LogP contribution in [-0.2, 0) is 5.33 Å². The van der Waals surface area contributed by atoms with Crippen LogP contribution in [0.15, 0.2) is 51.8 Å². The average molecular weight is 414 g/mol. The molecule has 0 fully saturated rings. The van der Waals surface area contributed by atoms with Crippen molar-refractivity contribution in [2.75, 3.05) is 12.4 Å². The van der Waals surface area contributed by atoms with Crippen molar-refractivity contribution >= 4 is 43.6 Å². The molecule has 0 spiro atoms. The van der Waals surface area contributed by atoms with Gasteiger partial charge in [-0.3, -0.25) is 0 Å². The van der Waals surface area contributed by atoms with E-state index in [-0.39, 0.29) is 0 Å². The molecule has 1 unspecified atom stereocenters. The van der Waals surface area contributed by atoms with Crippen LogP contribution >= 0.6 is 43.6 Å². The first kappa shape index (κ1) is 14.5. The second kappa shape index (κ2) is 6.54. The first-order valence-electron chi connectivity index (χ1n) is 6.47. The van der Waals surface area contributed by atoms with Crippen molar-refractivity contribution in [3.8, 4) is 5.75 Å². The summed E-state index contributed by atoms with van der Waals surface area (Å²) in [5, 5.41) is 0.860. The standard InChI is InChI=1S/C16H14Br2OS/c17-8-11-5-6-15(14(18)7-11)19-9-12-10-20-16-4-2-1-3-13(12)16/h1-7,12H,8-10H2. The summed E-state index contributed by atoms with van der Waals surface area (Å²) < 4.78 is 7.02. The van der Waals surface area contributed by atoms with Gasteiger partial charge in [-0.2, -0.15) is 0 Å². The molecule has 3 rings (SSSR count). The third kappa shape index (κ3) is 3.07. The van der Waals surface area contributed by atoms with Crippen LogP contribution in [0, 0.1) is 0 Å². The zero-order valence-electron chi connectivity index (χ0n) is 10.8. The van der Waals surface area contributed by atoms with Gasteiger partial charge in [0, 0.05) is 21.9 Å². The molecule has 1 aliphatic rings.